The fourth-order valence-corrected chi connectivity index (χ4v) is 2.13. The van der Waals surface area contributed by atoms with E-state index in [-0.39, 0.29) is 0 Å². The van der Waals surface area contributed by atoms with E-state index in [0.29, 0.717) is 0 Å². The van der Waals surface area contributed by atoms with Gasteiger partial charge in [-0.15, -0.1) is 0 Å². The third-order valence-electron chi connectivity index (χ3n) is 3.18. The van der Waals surface area contributed by atoms with E-state index in [1.807, 2.05) is 49.1 Å². The van der Waals surface area contributed by atoms with Gasteiger partial charge in [-0.25, -0.2) is 4.98 Å². The molecule has 0 unspecified atom stereocenters. The van der Waals surface area contributed by atoms with Gasteiger partial charge in [0.15, 0.2) is 5.84 Å². The zero-order valence-corrected chi connectivity index (χ0v) is 13.6. The van der Waals surface area contributed by atoms with Gasteiger partial charge in [0.2, 0.25) is 0 Å². The fraction of sp³-hybridized carbons (Fsp3) is 0.412. The van der Waals surface area contributed by atoms with Crippen LogP contribution in [-0.4, -0.2) is 41.1 Å². The predicted molar refractivity (Wildman–Crippen MR) is 89.3 cm³/mol. The standard InChI is InChI=1S/C17H24N4O/c1-4-5-8-13-22-16-10-7-6-9-15(16)17(19-20(2)3)21-12-11-18-14-21/h6-7,9-12,14H,4-5,8,13H2,1-3H3/b19-17-. The molecule has 2 aromatic rings. The summed E-state index contributed by atoms with van der Waals surface area (Å²) in [4.78, 5) is 4.11. The van der Waals surface area contributed by atoms with Crippen LogP contribution < -0.4 is 4.74 Å². The van der Waals surface area contributed by atoms with Crippen LogP contribution in [0.1, 0.15) is 31.7 Å². The third-order valence-corrected chi connectivity index (χ3v) is 3.18. The third kappa shape index (κ3) is 4.35. The van der Waals surface area contributed by atoms with Crippen LogP contribution in [0.25, 0.3) is 0 Å². The minimum absolute atomic E-state index is 0.726. The molecule has 0 aliphatic rings. The molecule has 0 radical (unpaired) electrons. The van der Waals surface area contributed by atoms with E-state index < -0.39 is 0 Å². The van der Waals surface area contributed by atoms with E-state index in [4.69, 9.17) is 4.74 Å². The van der Waals surface area contributed by atoms with Gasteiger partial charge in [0.05, 0.1) is 12.2 Å². The molecule has 0 saturated carbocycles. The Hall–Kier alpha value is -2.30. The average Bonchev–Trinajstić information content (AvgIpc) is 3.04. The monoisotopic (exact) mass is 300 g/mol. The minimum Gasteiger partial charge on any atom is -0.493 e. The highest BCUT2D eigenvalue weighted by Crippen LogP contribution is 2.20. The topological polar surface area (TPSA) is 42.6 Å². The number of hydrazone groups is 1. The Morgan fingerprint density at radius 1 is 1.27 bits per heavy atom. The summed E-state index contributed by atoms with van der Waals surface area (Å²) in [7, 11) is 3.81. The number of imidazole rings is 1. The summed E-state index contributed by atoms with van der Waals surface area (Å²) < 4.78 is 7.86. The van der Waals surface area contributed by atoms with Gasteiger partial charge in [-0.2, -0.15) is 5.10 Å². The van der Waals surface area contributed by atoms with Gasteiger partial charge in [-0.1, -0.05) is 31.9 Å². The van der Waals surface area contributed by atoms with E-state index in [2.05, 4.69) is 17.0 Å². The molecule has 22 heavy (non-hydrogen) atoms. The lowest BCUT2D eigenvalue weighted by Gasteiger charge is -2.15. The Bertz CT molecular complexity index is 590. The summed E-state index contributed by atoms with van der Waals surface area (Å²) >= 11 is 0. The lowest BCUT2D eigenvalue weighted by Crippen LogP contribution is -2.18. The van der Waals surface area contributed by atoms with Gasteiger partial charge in [0, 0.05) is 26.5 Å². The molecule has 5 nitrogen and oxygen atoms in total. The number of hydrogen-bond acceptors (Lipinski definition) is 4. The van der Waals surface area contributed by atoms with Crippen LogP contribution >= 0.6 is 0 Å². The Balaban J connectivity index is 2.28. The first-order valence-corrected chi connectivity index (χ1v) is 7.69. The maximum atomic E-state index is 5.97. The largest absolute Gasteiger partial charge is 0.493 e. The number of nitrogens with zero attached hydrogens (tertiary/aromatic N) is 4. The molecule has 0 fully saturated rings. The molecule has 0 N–H and O–H groups in total. The second-order valence-electron chi connectivity index (χ2n) is 5.29. The Labute approximate surface area is 132 Å². The molecule has 118 valence electrons. The van der Waals surface area contributed by atoms with Gasteiger partial charge in [-0.05, 0) is 18.6 Å². The number of para-hydroxylation sites is 1. The van der Waals surface area contributed by atoms with E-state index in [1.54, 1.807) is 17.5 Å². The number of benzene rings is 1. The number of unbranched alkanes of at least 4 members (excludes halogenated alkanes) is 2. The normalized spacial score (nSPS) is 11.5. The molecule has 1 heterocycles. The highest BCUT2D eigenvalue weighted by atomic mass is 16.5. The summed E-state index contributed by atoms with van der Waals surface area (Å²) in [5.74, 6) is 1.65. The van der Waals surface area contributed by atoms with Crippen molar-refractivity contribution in [2.45, 2.75) is 26.2 Å². The van der Waals surface area contributed by atoms with Gasteiger partial charge in [0.25, 0.3) is 0 Å². The molecule has 0 bridgehead atoms. The van der Waals surface area contributed by atoms with Gasteiger partial charge in [0.1, 0.15) is 12.1 Å². The first kappa shape index (κ1) is 16.1. The van der Waals surface area contributed by atoms with Crippen LogP contribution in [-0.2, 0) is 0 Å². The lowest BCUT2D eigenvalue weighted by atomic mass is 10.1. The summed E-state index contributed by atoms with van der Waals surface area (Å²) in [6, 6.07) is 8.00. The molecule has 0 aliphatic heterocycles. The number of ether oxygens (including phenoxy) is 1. The van der Waals surface area contributed by atoms with Gasteiger partial charge in [-0.3, -0.25) is 4.57 Å². The summed E-state index contributed by atoms with van der Waals surface area (Å²) in [5, 5.41) is 6.37. The molecule has 1 aromatic heterocycles. The van der Waals surface area contributed by atoms with Crippen molar-refractivity contribution in [1.29, 1.82) is 0 Å². The molecule has 5 heteroatoms. The number of hydrogen-bond donors (Lipinski definition) is 0. The SMILES string of the molecule is CCCCCOc1ccccc1/C(=N/N(C)C)n1ccnc1. The molecule has 0 atom stereocenters. The summed E-state index contributed by atoms with van der Waals surface area (Å²) in [6.45, 7) is 2.92. The highest BCUT2D eigenvalue weighted by Gasteiger charge is 2.12. The van der Waals surface area contributed by atoms with E-state index in [9.17, 15) is 0 Å². The van der Waals surface area contributed by atoms with Crippen molar-refractivity contribution in [1.82, 2.24) is 14.6 Å². The summed E-state index contributed by atoms with van der Waals surface area (Å²) in [5.41, 5.74) is 0.964. The van der Waals surface area contributed by atoms with Crippen LogP contribution in [0.2, 0.25) is 0 Å². The van der Waals surface area contributed by atoms with Crippen LogP contribution in [0.4, 0.5) is 0 Å². The van der Waals surface area contributed by atoms with Gasteiger partial charge < -0.3 is 9.75 Å². The molecule has 0 aliphatic carbocycles. The zero-order chi connectivity index (χ0) is 15.8. The minimum atomic E-state index is 0.726. The molecule has 0 spiro atoms. The van der Waals surface area contributed by atoms with Crippen molar-refractivity contribution >= 4 is 5.84 Å². The average molecular weight is 300 g/mol. The fourth-order valence-electron chi connectivity index (χ4n) is 2.13. The Morgan fingerprint density at radius 3 is 2.77 bits per heavy atom. The van der Waals surface area contributed by atoms with Crippen molar-refractivity contribution in [3.05, 3.63) is 48.5 Å². The number of aromatic nitrogens is 2. The summed E-state index contributed by atoms with van der Waals surface area (Å²) in [6.07, 6.45) is 8.81. The molecular formula is C17H24N4O. The Morgan fingerprint density at radius 2 is 2.09 bits per heavy atom. The maximum absolute atomic E-state index is 5.97. The second-order valence-corrected chi connectivity index (χ2v) is 5.29. The van der Waals surface area contributed by atoms with E-state index >= 15 is 0 Å². The van der Waals surface area contributed by atoms with Crippen molar-refractivity contribution in [3.8, 4) is 5.75 Å². The zero-order valence-electron chi connectivity index (χ0n) is 13.6. The first-order valence-electron chi connectivity index (χ1n) is 7.69. The van der Waals surface area contributed by atoms with Crippen LogP contribution in [0.5, 0.6) is 5.75 Å². The molecular weight excluding hydrogens is 276 g/mol. The first-order chi connectivity index (χ1) is 10.7. The maximum Gasteiger partial charge on any atom is 0.168 e. The van der Waals surface area contributed by atoms with E-state index in [1.165, 1.54) is 12.8 Å². The van der Waals surface area contributed by atoms with Crippen LogP contribution in [0, 0.1) is 0 Å². The predicted octanol–water partition coefficient (Wildman–Crippen LogP) is 3.22. The number of rotatable bonds is 7. The molecule has 1 aromatic carbocycles. The second kappa shape index (κ2) is 8.22. The van der Waals surface area contributed by atoms with Crippen LogP contribution in [0.15, 0.2) is 48.1 Å². The van der Waals surface area contributed by atoms with Crippen molar-refractivity contribution in [2.75, 3.05) is 20.7 Å². The molecule has 0 amide bonds. The van der Waals surface area contributed by atoms with Crippen molar-refractivity contribution < 1.29 is 4.74 Å². The molecule has 0 saturated heterocycles. The quantitative estimate of drug-likeness (QED) is 0.341. The Kier molecular flexibility index (Phi) is 6.01. The van der Waals surface area contributed by atoms with Crippen LogP contribution in [0.3, 0.4) is 0 Å². The van der Waals surface area contributed by atoms with Crippen molar-refractivity contribution in [3.63, 3.8) is 0 Å². The van der Waals surface area contributed by atoms with Crippen molar-refractivity contribution in [2.24, 2.45) is 5.10 Å². The highest BCUT2D eigenvalue weighted by molar-refractivity contribution is 6.02. The molecule has 2 rings (SSSR count). The lowest BCUT2D eigenvalue weighted by molar-refractivity contribution is 0.305. The smallest absolute Gasteiger partial charge is 0.168 e. The van der Waals surface area contributed by atoms with Gasteiger partial charge >= 0.3 is 0 Å². The van der Waals surface area contributed by atoms with E-state index in [0.717, 1.165) is 30.2 Å².